The SMILES string of the molecule is CCC(=O)c1ccc(SC(C)C)cc1. The summed E-state index contributed by atoms with van der Waals surface area (Å²) in [7, 11) is 0. The van der Waals surface area contributed by atoms with Crippen molar-refractivity contribution in [1.29, 1.82) is 0 Å². The second-order valence-electron chi connectivity index (χ2n) is 3.47. The average Bonchev–Trinajstić information content (AvgIpc) is 2.17. The highest BCUT2D eigenvalue weighted by Crippen LogP contribution is 2.23. The van der Waals surface area contributed by atoms with E-state index >= 15 is 0 Å². The van der Waals surface area contributed by atoms with Gasteiger partial charge in [0.05, 0.1) is 0 Å². The van der Waals surface area contributed by atoms with Gasteiger partial charge in [0.2, 0.25) is 0 Å². The Bertz CT molecular complexity index is 301. The summed E-state index contributed by atoms with van der Waals surface area (Å²) in [6.45, 7) is 6.21. The van der Waals surface area contributed by atoms with Gasteiger partial charge in [-0.3, -0.25) is 4.79 Å². The molecular weight excluding hydrogens is 192 g/mol. The van der Waals surface area contributed by atoms with E-state index in [4.69, 9.17) is 0 Å². The van der Waals surface area contributed by atoms with Crippen molar-refractivity contribution in [3.63, 3.8) is 0 Å². The van der Waals surface area contributed by atoms with Crippen molar-refractivity contribution in [3.05, 3.63) is 29.8 Å². The molecule has 0 heterocycles. The van der Waals surface area contributed by atoms with Crippen LogP contribution >= 0.6 is 11.8 Å². The maximum Gasteiger partial charge on any atom is 0.162 e. The molecule has 0 bridgehead atoms. The van der Waals surface area contributed by atoms with Gasteiger partial charge < -0.3 is 0 Å². The van der Waals surface area contributed by atoms with E-state index in [0.717, 1.165) is 5.56 Å². The Balaban J connectivity index is 2.73. The Morgan fingerprint density at radius 3 is 2.29 bits per heavy atom. The zero-order valence-corrected chi connectivity index (χ0v) is 9.73. The second kappa shape index (κ2) is 5.20. The van der Waals surface area contributed by atoms with E-state index in [1.807, 2.05) is 43.0 Å². The summed E-state index contributed by atoms with van der Waals surface area (Å²) in [6.07, 6.45) is 0.580. The molecule has 14 heavy (non-hydrogen) atoms. The topological polar surface area (TPSA) is 17.1 Å². The van der Waals surface area contributed by atoms with Crippen molar-refractivity contribution in [1.82, 2.24) is 0 Å². The highest BCUT2D eigenvalue weighted by molar-refractivity contribution is 7.99. The van der Waals surface area contributed by atoms with E-state index < -0.39 is 0 Å². The molecule has 0 aliphatic carbocycles. The number of carbonyl (C=O) groups is 1. The lowest BCUT2D eigenvalue weighted by atomic mass is 10.1. The molecule has 0 spiro atoms. The largest absolute Gasteiger partial charge is 0.294 e. The van der Waals surface area contributed by atoms with Crippen LogP contribution in [-0.2, 0) is 0 Å². The predicted molar refractivity (Wildman–Crippen MR) is 62.1 cm³/mol. The van der Waals surface area contributed by atoms with Crippen LogP contribution in [0.3, 0.4) is 0 Å². The van der Waals surface area contributed by atoms with Crippen molar-refractivity contribution >= 4 is 17.5 Å². The molecule has 0 amide bonds. The van der Waals surface area contributed by atoms with Crippen molar-refractivity contribution < 1.29 is 4.79 Å². The number of hydrogen-bond acceptors (Lipinski definition) is 2. The zero-order valence-electron chi connectivity index (χ0n) is 8.91. The molecule has 1 nitrogen and oxygen atoms in total. The van der Waals surface area contributed by atoms with Crippen LogP contribution in [0.15, 0.2) is 29.2 Å². The molecule has 0 radical (unpaired) electrons. The van der Waals surface area contributed by atoms with E-state index in [2.05, 4.69) is 13.8 Å². The van der Waals surface area contributed by atoms with E-state index in [0.29, 0.717) is 11.7 Å². The summed E-state index contributed by atoms with van der Waals surface area (Å²) in [6, 6.07) is 7.87. The number of ketones is 1. The van der Waals surface area contributed by atoms with Crippen LogP contribution < -0.4 is 0 Å². The summed E-state index contributed by atoms with van der Waals surface area (Å²) in [5, 5.41) is 0.586. The van der Waals surface area contributed by atoms with E-state index in [9.17, 15) is 4.79 Å². The van der Waals surface area contributed by atoms with Crippen molar-refractivity contribution in [3.8, 4) is 0 Å². The molecule has 1 rings (SSSR count). The van der Waals surface area contributed by atoms with Crippen LogP contribution in [-0.4, -0.2) is 11.0 Å². The normalized spacial score (nSPS) is 10.6. The third kappa shape index (κ3) is 3.18. The number of hydrogen-bond donors (Lipinski definition) is 0. The third-order valence-corrected chi connectivity index (χ3v) is 2.88. The van der Waals surface area contributed by atoms with Gasteiger partial charge in [0.25, 0.3) is 0 Å². The summed E-state index contributed by atoms with van der Waals surface area (Å²) >= 11 is 1.82. The fraction of sp³-hybridized carbons (Fsp3) is 0.417. The van der Waals surface area contributed by atoms with Crippen molar-refractivity contribution in [2.45, 2.75) is 37.3 Å². The number of carbonyl (C=O) groups excluding carboxylic acids is 1. The Kier molecular flexibility index (Phi) is 4.21. The van der Waals surface area contributed by atoms with Gasteiger partial charge in [0.1, 0.15) is 0 Å². The molecule has 2 heteroatoms. The molecule has 0 aliphatic rings. The molecular formula is C12H16OS. The molecule has 0 atom stereocenters. The fourth-order valence-corrected chi connectivity index (χ4v) is 2.03. The number of thioether (sulfide) groups is 1. The molecule has 1 aromatic rings. The summed E-state index contributed by atoms with van der Waals surface area (Å²) in [4.78, 5) is 12.6. The minimum Gasteiger partial charge on any atom is -0.294 e. The number of Topliss-reactive ketones (excluding diaryl/α,β-unsaturated/α-hetero) is 1. The fourth-order valence-electron chi connectivity index (χ4n) is 1.20. The minimum atomic E-state index is 0.214. The average molecular weight is 208 g/mol. The van der Waals surface area contributed by atoms with Crippen molar-refractivity contribution in [2.24, 2.45) is 0 Å². The molecule has 0 saturated carbocycles. The summed E-state index contributed by atoms with van der Waals surface area (Å²) in [5.74, 6) is 0.214. The van der Waals surface area contributed by atoms with Crippen LogP contribution in [0.1, 0.15) is 37.6 Å². The molecule has 0 N–H and O–H groups in total. The quantitative estimate of drug-likeness (QED) is 0.553. The van der Waals surface area contributed by atoms with E-state index in [1.54, 1.807) is 0 Å². The lowest BCUT2D eigenvalue weighted by Gasteiger charge is -2.05. The van der Waals surface area contributed by atoms with Gasteiger partial charge in [-0.05, 0) is 12.1 Å². The van der Waals surface area contributed by atoms with Gasteiger partial charge in [-0.1, -0.05) is 32.9 Å². The molecule has 1 aromatic carbocycles. The molecule has 0 aromatic heterocycles. The highest BCUT2D eigenvalue weighted by atomic mass is 32.2. The minimum absolute atomic E-state index is 0.214. The first-order valence-electron chi connectivity index (χ1n) is 4.93. The predicted octanol–water partition coefficient (Wildman–Crippen LogP) is 3.78. The smallest absolute Gasteiger partial charge is 0.162 e. The van der Waals surface area contributed by atoms with Gasteiger partial charge in [-0.2, -0.15) is 0 Å². The Hall–Kier alpha value is -0.760. The lowest BCUT2D eigenvalue weighted by molar-refractivity contribution is 0.0988. The van der Waals surface area contributed by atoms with Crippen molar-refractivity contribution in [2.75, 3.05) is 0 Å². The van der Waals surface area contributed by atoms with Gasteiger partial charge in [0, 0.05) is 22.1 Å². The van der Waals surface area contributed by atoms with Gasteiger partial charge in [-0.15, -0.1) is 11.8 Å². The monoisotopic (exact) mass is 208 g/mol. The van der Waals surface area contributed by atoms with Crippen LogP contribution in [0.4, 0.5) is 0 Å². The standard InChI is InChI=1S/C12H16OS/c1-4-12(13)10-5-7-11(8-6-10)14-9(2)3/h5-9H,4H2,1-3H3. The zero-order chi connectivity index (χ0) is 10.6. The first-order valence-corrected chi connectivity index (χ1v) is 5.81. The van der Waals surface area contributed by atoms with Crippen LogP contribution in [0, 0.1) is 0 Å². The summed E-state index contributed by atoms with van der Waals surface area (Å²) < 4.78 is 0. The lowest BCUT2D eigenvalue weighted by Crippen LogP contribution is -1.95. The van der Waals surface area contributed by atoms with Gasteiger partial charge in [-0.25, -0.2) is 0 Å². The maximum absolute atomic E-state index is 11.3. The third-order valence-electron chi connectivity index (χ3n) is 1.87. The molecule has 0 fully saturated rings. The Labute approximate surface area is 89.9 Å². The summed E-state index contributed by atoms with van der Waals surface area (Å²) in [5.41, 5.74) is 0.820. The molecule has 76 valence electrons. The van der Waals surface area contributed by atoms with Crippen LogP contribution in [0.25, 0.3) is 0 Å². The first-order chi connectivity index (χ1) is 6.63. The van der Waals surface area contributed by atoms with Crippen LogP contribution in [0.2, 0.25) is 0 Å². The number of rotatable bonds is 4. The Morgan fingerprint density at radius 1 is 1.29 bits per heavy atom. The van der Waals surface area contributed by atoms with Crippen LogP contribution in [0.5, 0.6) is 0 Å². The highest BCUT2D eigenvalue weighted by Gasteiger charge is 2.03. The molecule has 0 unspecified atom stereocenters. The molecule has 0 aliphatic heterocycles. The van der Waals surface area contributed by atoms with E-state index in [-0.39, 0.29) is 5.78 Å². The molecule has 0 saturated heterocycles. The van der Waals surface area contributed by atoms with Gasteiger partial charge in [0.15, 0.2) is 5.78 Å². The second-order valence-corrected chi connectivity index (χ2v) is 5.12. The maximum atomic E-state index is 11.3. The van der Waals surface area contributed by atoms with Gasteiger partial charge >= 0.3 is 0 Å². The van der Waals surface area contributed by atoms with E-state index in [1.165, 1.54) is 4.90 Å². The number of benzene rings is 1. The first kappa shape index (κ1) is 11.3. The Morgan fingerprint density at radius 2 is 1.86 bits per heavy atom.